The Kier molecular flexibility index (Phi) is 7.41. The number of alkyl halides is 1. The van der Waals surface area contributed by atoms with Gasteiger partial charge in [0.05, 0.1) is 6.10 Å². The van der Waals surface area contributed by atoms with Crippen LogP contribution in [0, 0.1) is 5.92 Å². The average molecular weight is 234 g/mol. The molecule has 0 aromatic rings. The van der Waals surface area contributed by atoms with Gasteiger partial charge >= 0.3 is 0 Å². The van der Waals surface area contributed by atoms with Gasteiger partial charge in [-0.15, -0.1) is 11.6 Å². The molecular weight excluding hydrogens is 210 g/mol. The molecule has 15 heavy (non-hydrogen) atoms. The van der Waals surface area contributed by atoms with Gasteiger partial charge in [-0.25, -0.2) is 0 Å². The standard InChI is InChI=1S/C12H24ClNO/c1-2-11(6-7-13)9-14-10-12-5-3-4-8-15-12/h11-12,14H,2-10H2,1H3. The number of ether oxygens (including phenoxy) is 1. The lowest BCUT2D eigenvalue weighted by molar-refractivity contribution is 0.0165. The van der Waals surface area contributed by atoms with E-state index in [4.69, 9.17) is 16.3 Å². The smallest absolute Gasteiger partial charge is 0.0699 e. The first kappa shape index (κ1) is 13.3. The van der Waals surface area contributed by atoms with Crippen LogP contribution in [0.25, 0.3) is 0 Å². The molecule has 2 atom stereocenters. The van der Waals surface area contributed by atoms with Crippen molar-refractivity contribution in [3.63, 3.8) is 0 Å². The fraction of sp³-hybridized carbons (Fsp3) is 1.00. The molecule has 1 rings (SSSR count). The molecule has 0 radical (unpaired) electrons. The molecule has 1 aliphatic rings. The highest BCUT2D eigenvalue weighted by molar-refractivity contribution is 6.17. The van der Waals surface area contributed by atoms with Gasteiger partial charge in [0.25, 0.3) is 0 Å². The average Bonchev–Trinajstić information content (AvgIpc) is 2.29. The molecule has 1 aliphatic heterocycles. The molecule has 0 aromatic carbocycles. The fourth-order valence-electron chi connectivity index (χ4n) is 2.02. The monoisotopic (exact) mass is 233 g/mol. The predicted octanol–water partition coefficient (Wildman–Crippen LogP) is 2.80. The molecule has 1 saturated heterocycles. The maximum absolute atomic E-state index is 5.75. The summed E-state index contributed by atoms with van der Waals surface area (Å²) >= 11 is 5.75. The molecule has 1 fully saturated rings. The quantitative estimate of drug-likeness (QED) is 0.683. The molecule has 0 aromatic heterocycles. The number of hydrogen-bond donors (Lipinski definition) is 1. The third kappa shape index (κ3) is 5.74. The topological polar surface area (TPSA) is 21.3 Å². The maximum atomic E-state index is 5.75. The van der Waals surface area contributed by atoms with Gasteiger partial charge in [0, 0.05) is 19.0 Å². The minimum atomic E-state index is 0.451. The van der Waals surface area contributed by atoms with Crippen molar-refractivity contribution in [2.45, 2.75) is 45.1 Å². The summed E-state index contributed by atoms with van der Waals surface area (Å²) in [6.07, 6.45) is 6.57. The van der Waals surface area contributed by atoms with E-state index < -0.39 is 0 Å². The van der Waals surface area contributed by atoms with Crippen LogP contribution in [0.4, 0.5) is 0 Å². The second-order valence-corrected chi connectivity index (χ2v) is 4.78. The van der Waals surface area contributed by atoms with E-state index >= 15 is 0 Å². The summed E-state index contributed by atoms with van der Waals surface area (Å²) in [5.74, 6) is 1.51. The Hall–Kier alpha value is 0.210. The molecule has 0 saturated carbocycles. The number of rotatable bonds is 7. The van der Waals surface area contributed by atoms with Gasteiger partial charge in [0.2, 0.25) is 0 Å². The predicted molar refractivity (Wildman–Crippen MR) is 65.6 cm³/mol. The molecular formula is C12H24ClNO. The molecule has 0 amide bonds. The van der Waals surface area contributed by atoms with Crippen LogP contribution < -0.4 is 5.32 Å². The zero-order valence-corrected chi connectivity index (χ0v) is 10.6. The van der Waals surface area contributed by atoms with Gasteiger partial charge in [-0.3, -0.25) is 0 Å². The van der Waals surface area contributed by atoms with Crippen molar-refractivity contribution in [1.29, 1.82) is 0 Å². The zero-order valence-electron chi connectivity index (χ0n) is 9.80. The van der Waals surface area contributed by atoms with Crippen molar-refractivity contribution in [1.82, 2.24) is 5.32 Å². The van der Waals surface area contributed by atoms with Crippen LogP contribution in [0.5, 0.6) is 0 Å². The second-order valence-electron chi connectivity index (χ2n) is 4.40. The summed E-state index contributed by atoms with van der Waals surface area (Å²) in [7, 11) is 0. The number of nitrogens with one attached hydrogen (secondary N) is 1. The Morgan fingerprint density at radius 1 is 1.47 bits per heavy atom. The summed E-state index contributed by atoms with van der Waals surface area (Å²) in [5, 5.41) is 3.51. The lowest BCUT2D eigenvalue weighted by Gasteiger charge is -2.24. The molecule has 1 heterocycles. The first-order valence-corrected chi connectivity index (χ1v) is 6.78. The summed E-state index contributed by atoms with van der Waals surface area (Å²) in [5.41, 5.74) is 0. The first-order valence-electron chi connectivity index (χ1n) is 6.25. The van der Waals surface area contributed by atoms with E-state index in [-0.39, 0.29) is 0 Å². The van der Waals surface area contributed by atoms with E-state index in [1.807, 2.05) is 0 Å². The van der Waals surface area contributed by atoms with Crippen LogP contribution in [0.3, 0.4) is 0 Å². The van der Waals surface area contributed by atoms with Crippen molar-refractivity contribution < 1.29 is 4.74 Å². The summed E-state index contributed by atoms with van der Waals surface area (Å²) in [6.45, 7) is 5.28. The minimum Gasteiger partial charge on any atom is -0.377 e. The Labute approximate surface area is 98.7 Å². The molecule has 2 nitrogen and oxygen atoms in total. The van der Waals surface area contributed by atoms with E-state index in [0.717, 1.165) is 37.9 Å². The Balaban J connectivity index is 2.03. The summed E-state index contributed by atoms with van der Waals surface area (Å²) < 4.78 is 5.66. The van der Waals surface area contributed by atoms with E-state index in [1.54, 1.807) is 0 Å². The molecule has 0 bridgehead atoms. The van der Waals surface area contributed by atoms with E-state index in [2.05, 4.69) is 12.2 Å². The highest BCUT2D eigenvalue weighted by atomic mass is 35.5. The molecule has 2 unspecified atom stereocenters. The second kappa shape index (κ2) is 8.37. The molecule has 3 heteroatoms. The Morgan fingerprint density at radius 2 is 2.33 bits per heavy atom. The van der Waals surface area contributed by atoms with Crippen molar-refractivity contribution in [2.75, 3.05) is 25.6 Å². The van der Waals surface area contributed by atoms with E-state index in [1.165, 1.54) is 25.7 Å². The maximum Gasteiger partial charge on any atom is 0.0699 e. The largest absolute Gasteiger partial charge is 0.377 e. The fourth-order valence-corrected chi connectivity index (χ4v) is 2.33. The summed E-state index contributed by atoms with van der Waals surface area (Å²) in [4.78, 5) is 0. The SMILES string of the molecule is CCC(CCCl)CNCC1CCCCO1. The van der Waals surface area contributed by atoms with Gasteiger partial charge in [-0.1, -0.05) is 13.3 Å². The molecule has 0 spiro atoms. The lowest BCUT2D eigenvalue weighted by atomic mass is 10.0. The van der Waals surface area contributed by atoms with Crippen LogP contribution in [0.2, 0.25) is 0 Å². The summed E-state index contributed by atoms with van der Waals surface area (Å²) in [6, 6.07) is 0. The normalized spacial score (nSPS) is 24.0. The highest BCUT2D eigenvalue weighted by Gasteiger charge is 2.13. The van der Waals surface area contributed by atoms with Gasteiger partial charge in [0.15, 0.2) is 0 Å². The number of halogens is 1. The van der Waals surface area contributed by atoms with Crippen molar-refractivity contribution in [3.8, 4) is 0 Å². The third-order valence-corrected chi connectivity index (χ3v) is 3.39. The van der Waals surface area contributed by atoms with Crippen molar-refractivity contribution >= 4 is 11.6 Å². The van der Waals surface area contributed by atoms with Crippen LogP contribution in [-0.2, 0) is 4.74 Å². The first-order chi connectivity index (χ1) is 7.36. The van der Waals surface area contributed by atoms with Crippen LogP contribution in [0.15, 0.2) is 0 Å². The van der Waals surface area contributed by atoms with Crippen LogP contribution in [-0.4, -0.2) is 31.7 Å². The molecule has 0 aliphatic carbocycles. The zero-order chi connectivity index (χ0) is 10.9. The van der Waals surface area contributed by atoms with Gasteiger partial charge in [-0.05, 0) is 38.1 Å². The van der Waals surface area contributed by atoms with Gasteiger partial charge in [0.1, 0.15) is 0 Å². The van der Waals surface area contributed by atoms with Crippen LogP contribution >= 0.6 is 11.6 Å². The minimum absolute atomic E-state index is 0.451. The van der Waals surface area contributed by atoms with E-state index in [9.17, 15) is 0 Å². The van der Waals surface area contributed by atoms with Crippen molar-refractivity contribution in [2.24, 2.45) is 5.92 Å². The van der Waals surface area contributed by atoms with Crippen molar-refractivity contribution in [3.05, 3.63) is 0 Å². The Bertz CT molecular complexity index is 144. The van der Waals surface area contributed by atoms with E-state index in [0.29, 0.717) is 6.10 Å². The van der Waals surface area contributed by atoms with Crippen LogP contribution in [0.1, 0.15) is 39.0 Å². The third-order valence-electron chi connectivity index (χ3n) is 3.17. The van der Waals surface area contributed by atoms with Gasteiger partial charge < -0.3 is 10.1 Å². The molecule has 90 valence electrons. The molecule has 1 N–H and O–H groups in total. The number of hydrogen-bond acceptors (Lipinski definition) is 2. The highest BCUT2D eigenvalue weighted by Crippen LogP contribution is 2.12. The van der Waals surface area contributed by atoms with Gasteiger partial charge in [-0.2, -0.15) is 0 Å². The lowest BCUT2D eigenvalue weighted by Crippen LogP contribution is -2.34. The Morgan fingerprint density at radius 3 is 2.93 bits per heavy atom.